The molecule has 0 aliphatic carbocycles. The quantitative estimate of drug-likeness (QED) is 0.741. The molecule has 0 saturated carbocycles. The van der Waals surface area contributed by atoms with Crippen LogP contribution in [0.3, 0.4) is 0 Å². The number of carbonyl (C=O) groups excluding carboxylic acids is 1. The normalized spacial score (nSPS) is 14.9. The van der Waals surface area contributed by atoms with Gasteiger partial charge in [-0.05, 0) is 6.42 Å². The van der Waals surface area contributed by atoms with Crippen molar-refractivity contribution >= 4 is 11.9 Å². The summed E-state index contributed by atoms with van der Waals surface area (Å²) in [6.45, 7) is 1.38. The Morgan fingerprint density at radius 2 is 2.13 bits per heavy atom. The number of aromatic carboxylic acids is 1. The van der Waals surface area contributed by atoms with Crippen molar-refractivity contribution in [1.29, 1.82) is 0 Å². The van der Waals surface area contributed by atoms with Crippen molar-refractivity contribution in [3.05, 3.63) is 17.7 Å². The average molecular weight is 209 g/mol. The van der Waals surface area contributed by atoms with E-state index in [4.69, 9.17) is 5.11 Å². The van der Waals surface area contributed by atoms with E-state index in [0.29, 0.717) is 13.1 Å². The van der Waals surface area contributed by atoms with Crippen molar-refractivity contribution in [3.8, 4) is 0 Å². The molecule has 1 aromatic heterocycles. The molecule has 1 saturated heterocycles. The average Bonchev–Trinajstić information content (AvgIpc) is 2.43. The Morgan fingerprint density at radius 1 is 1.47 bits per heavy atom. The van der Waals surface area contributed by atoms with Crippen molar-refractivity contribution in [2.75, 3.05) is 13.1 Å². The minimum absolute atomic E-state index is 0.0321. The number of aryl methyl sites for hydroxylation is 1. The number of hydrogen-bond donors (Lipinski definition) is 1. The number of hydrogen-bond acceptors (Lipinski definition) is 3. The fourth-order valence-electron chi connectivity index (χ4n) is 1.51. The number of nitrogens with zero attached hydrogens (tertiary/aromatic N) is 3. The van der Waals surface area contributed by atoms with Crippen LogP contribution in [0.2, 0.25) is 0 Å². The molecule has 15 heavy (non-hydrogen) atoms. The van der Waals surface area contributed by atoms with Gasteiger partial charge in [0.15, 0.2) is 11.4 Å². The third kappa shape index (κ3) is 1.47. The predicted molar refractivity (Wildman–Crippen MR) is 50.7 cm³/mol. The van der Waals surface area contributed by atoms with E-state index in [1.165, 1.54) is 10.9 Å². The number of imidazole rings is 1. The van der Waals surface area contributed by atoms with Gasteiger partial charge in [0.1, 0.15) is 0 Å². The molecule has 1 aliphatic rings. The van der Waals surface area contributed by atoms with E-state index >= 15 is 0 Å². The van der Waals surface area contributed by atoms with Crippen LogP contribution in [0, 0.1) is 0 Å². The van der Waals surface area contributed by atoms with Crippen LogP contribution in [0.15, 0.2) is 6.33 Å². The van der Waals surface area contributed by atoms with Gasteiger partial charge in [-0.1, -0.05) is 0 Å². The zero-order valence-corrected chi connectivity index (χ0v) is 8.30. The van der Waals surface area contributed by atoms with Gasteiger partial charge in [-0.15, -0.1) is 0 Å². The summed E-state index contributed by atoms with van der Waals surface area (Å²) in [5, 5.41) is 8.93. The maximum absolute atomic E-state index is 11.8. The first-order valence-corrected chi connectivity index (χ1v) is 4.65. The third-order valence-corrected chi connectivity index (χ3v) is 2.49. The summed E-state index contributed by atoms with van der Waals surface area (Å²) in [5.74, 6) is -1.42. The fraction of sp³-hybridized carbons (Fsp3) is 0.444. The number of carboxylic acids is 1. The van der Waals surface area contributed by atoms with E-state index in [0.717, 1.165) is 6.42 Å². The molecular weight excluding hydrogens is 198 g/mol. The molecule has 0 radical (unpaired) electrons. The lowest BCUT2D eigenvalue weighted by molar-refractivity contribution is 0.0617. The molecule has 2 rings (SSSR count). The largest absolute Gasteiger partial charge is 0.477 e. The van der Waals surface area contributed by atoms with E-state index < -0.39 is 5.97 Å². The maximum atomic E-state index is 11.8. The number of carboxylic acid groups (broad SMARTS) is 1. The maximum Gasteiger partial charge on any atom is 0.355 e. The molecule has 1 fully saturated rings. The van der Waals surface area contributed by atoms with Gasteiger partial charge in [0.05, 0.1) is 6.33 Å². The highest BCUT2D eigenvalue weighted by Crippen LogP contribution is 2.14. The molecule has 1 aliphatic heterocycles. The van der Waals surface area contributed by atoms with E-state index in [-0.39, 0.29) is 17.3 Å². The van der Waals surface area contributed by atoms with Crippen LogP contribution in [0.1, 0.15) is 27.4 Å². The zero-order valence-electron chi connectivity index (χ0n) is 8.30. The lowest BCUT2D eigenvalue weighted by Gasteiger charge is -2.30. The summed E-state index contributed by atoms with van der Waals surface area (Å²) in [4.78, 5) is 28.1. The standard InChI is InChI=1S/C9H11N3O3/c1-11-5-10-6(7(11)9(14)15)8(13)12-3-2-4-12/h5H,2-4H2,1H3,(H,14,15). The first-order valence-electron chi connectivity index (χ1n) is 4.65. The lowest BCUT2D eigenvalue weighted by atomic mass is 10.2. The molecule has 6 nitrogen and oxygen atoms in total. The van der Waals surface area contributed by atoms with Crippen LogP contribution in [0.4, 0.5) is 0 Å². The molecule has 0 atom stereocenters. The van der Waals surface area contributed by atoms with Gasteiger partial charge in [-0.2, -0.15) is 0 Å². The molecule has 1 amide bonds. The Labute approximate surface area is 86.1 Å². The van der Waals surface area contributed by atoms with Crippen LogP contribution in [0.5, 0.6) is 0 Å². The molecular formula is C9H11N3O3. The summed E-state index contributed by atoms with van der Waals surface area (Å²) in [6.07, 6.45) is 2.32. The topological polar surface area (TPSA) is 75.4 Å². The van der Waals surface area contributed by atoms with E-state index in [1.54, 1.807) is 11.9 Å². The summed E-state index contributed by atoms with van der Waals surface area (Å²) in [5.41, 5.74) is -0.0170. The SMILES string of the molecule is Cn1cnc(C(=O)N2CCC2)c1C(=O)O. The number of carbonyl (C=O) groups is 2. The number of rotatable bonds is 2. The Kier molecular flexibility index (Phi) is 2.18. The second-order valence-electron chi connectivity index (χ2n) is 3.50. The number of likely N-dealkylation sites (tertiary alicyclic amines) is 1. The Morgan fingerprint density at radius 3 is 2.60 bits per heavy atom. The minimum Gasteiger partial charge on any atom is -0.477 e. The van der Waals surface area contributed by atoms with Crippen molar-refractivity contribution < 1.29 is 14.7 Å². The van der Waals surface area contributed by atoms with Crippen molar-refractivity contribution in [1.82, 2.24) is 14.5 Å². The summed E-state index contributed by atoms with van der Waals surface area (Å²) in [6, 6.07) is 0. The molecule has 6 heteroatoms. The van der Waals surface area contributed by atoms with Crippen molar-refractivity contribution in [3.63, 3.8) is 0 Å². The predicted octanol–water partition coefficient (Wildman–Crippen LogP) is -0.0358. The second-order valence-corrected chi connectivity index (χ2v) is 3.50. The fourth-order valence-corrected chi connectivity index (χ4v) is 1.51. The van der Waals surface area contributed by atoms with Gasteiger partial charge in [-0.25, -0.2) is 9.78 Å². The molecule has 0 aromatic carbocycles. The van der Waals surface area contributed by atoms with Crippen LogP contribution in [-0.2, 0) is 7.05 Å². The van der Waals surface area contributed by atoms with Gasteiger partial charge >= 0.3 is 5.97 Å². The molecule has 1 N–H and O–H groups in total. The lowest BCUT2D eigenvalue weighted by Crippen LogP contribution is -2.42. The Balaban J connectivity index is 2.34. The van der Waals surface area contributed by atoms with Crippen LogP contribution in [0.25, 0.3) is 0 Å². The van der Waals surface area contributed by atoms with Gasteiger partial charge < -0.3 is 14.6 Å². The number of amides is 1. The van der Waals surface area contributed by atoms with Crippen molar-refractivity contribution in [2.45, 2.75) is 6.42 Å². The molecule has 0 spiro atoms. The summed E-state index contributed by atoms with van der Waals surface area (Å²) in [7, 11) is 1.56. The van der Waals surface area contributed by atoms with E-state index in [9.17, 15) is 9.59 Å². The smallest absolute Gasteiger partial charge is 0.355 e. The van der Waals surface area contributed by atoms with Crippen molar-refractivity contribution in [2.24, 2.45) is 7.05 Å². The monoisotopic (exact) mass is 209 g/mol. The molecule has 1 aromatic rings. The third-order valence-electron chi connectivity index (χ3n) is 2.49. The Hall–Kier alpha value is -1.85. The van der Waals surface area contributed by atoms with Gasteiger partial charge in [0, 0.05) is 20.1 Å². The van der Waals surface area contributed by atoms with Gasteiger partial charge in [0.2, 0.25) is 0 Å². The highest BCUT2D eigenvalue weighted by Gasteiger charge is 2.28. The first-order chi connectivity index (χ1) is 7.11. The van der Waals surface area contributed by atoms with Crippen LogP contribution < -0.4 is 0 Å². The molecule has 2 heterocycles. The Bertz CT molecular complexity index is 420. The summed E-state index contributed by atoms with van der Waals surface area (Å²) >= 11 is 0. The minimum atomic E-state index is -1.13. The zero-order chi connectivity index (χ0) is 11.0. The summed E-state index contributed by atoms with van der Waals surface area (Å²) < 4.78 is 1.34. The molecule has 0 unspecified atom stereocenters. The van der Waals surface area contributed by atoms with Crippen LogP contribution in [-0.4, -0.2) is 44.5 Å². The van der Waals surface area contributed by atoms with Crippen LogP contribution >= 0.6 is 0 Å². The second kappa shape index (κ2) is 3.38. The van der Waals surface area contributed by atoms with E-state index in [1.807, 2.05) is 0 Å². The highest BCUT2D eigenvalue weighted by atomic mass is 16.4. The van der Waals surface area contributed by atoms with Gasteiger partial charge in [0.25, 0.3) is 5.91 Å². The first kappa shape index (κ1) is 9.70. The molecule has 80 valence electrons. The van der Waals surface area contributed by atoms with E-state index in [2.05, 4.69) is 4.98 Å². The van der Waals surface area contributed by atoms with Gasteiger partial charge in [-0.3, -0.25) is 4.79 Å². The number of aromatic nitrogens is 2. The highest BCUT2D eigenvalue weighted by molar-refractivity contribution is 6.02. The molecule has 0 bridgehead atoms.